The van der Waals surface area contributed by atoms with Crippen molar-refractivity contribution in [1.29, 1.82) is 0 Å². The third kappa shape index (κ3) is 4.36. The molecule has 2 amide bonds. The van der Waals surface area contributed by atoms with Gasteiger partial charge in [-0.25, -0.2) is 4.68 Å². The molecule has 0 bridgehead atoms. The van der Waals surface area contributed by atoms with Crippen LogP contribution < -0.4 is 10.9 Å². The SMILES string of the molecule is Cc1cc(C(=O)NNC(=O)c2cnn(-c3ccc([N+](=O)[O-])cc3)c2C(F)(F)F)nn1C. The number of halogens is 3. The van der Waals surface area contributed by atoms with Crippen LogP contribution in [0.15, 0.2) is 36.5 Å². The van der Waals surface area contributed by atoms with Gasteiger partial charge in [-0.3, -0.25) is 35.2 Å². The van der Waals surface area contributed by atoms with Crippen LogP contribution in [0.3, 0.4) is 0 Å². The van der Waals surface area contributed by atoms with E-state index in [9.17, 15) is 32.9 Å². The first-order chi connectivity index (χ1) is 14.5. The highest BCUT2D eigenvalue weighted by atomic mass is 19.4. The summed E-state index contributed by atoms with van der Waals surface area (Å²) in [5, 5.41) is 18.2. The average Bonchev–Trinajstić information content (AvgIpc) is 3.30. The van der Waals surface area contributed by atoms with Crippen molar-refractivity contribution in [2.75, 3.05) is 0 Å². The Bertz CT molecular complexity index is 1150. The zero-order chi connectivity index (χ0) is 22.9. The highest BCUT2D eigenvalue weighted by molar-refractivity contribution is 5.99. The molecule has 2 aromatic heterocycles. The molecule has 162 valence electrons. The van der Waals surface area contributed by atoms with Crippen LogP contribution in [0.5, 0.6) is 0 Å². The number of hydrazine groups is 1. The van der Waals surface area contributed by atoms with Crippen LogP contribution in [0.25, 0.3) is 5.69 Å². The maximum Gasteiger partial charge on any atom is 0.434 e. The molecule has 2 heterocycles. The summed E-state index contributed by atoms with van der Waals surface area (Å²) in [6.45, 7) is 1.69. The quantitative estimate of drug-likeness (QED) is 0.473. The summed E-state index contributed by atoms with van der Waals surface area (Å²) in [5.41, 5.74) is 1.75. The number of carbonyl (C=O) groups is 2. The maximum atomic E-state index is 13.7. The summed E-state index contributed by atoms with van der Waals surface area (Å²) < 4.78 is 42.8. The minimum absolute atomic E-state index is 0.0436. The van der Waals surface area contributed by atoms with Crippen molar-refractivity contribution >= 4 is 17.5 Å². The Morgan fingerprint density at radius 2 is 1.74 bits per heavy atom. The van der Waals surface area contributed by atoms with E-state index in [1.54, 1.807) is 14.0 Å². The summed E-state index contributed by atoms with van der Waals surface area (Å²) >= 11 is 0. The molecular weight excluding hydrogens is 423 g/mol. The zero-order valence-corrected chi connectivity index (χ0v) is 16.0. The molecule has 0 saturated carbocycles. The minimum Gasteiger partial charge on any atom is -0.272 e. The van der Waals surface area contributed by atoms with Gasteiger partial charge in [0.15, 0.2) is 11.4 Å². The van der Waals surface area contributed by atoms with Gasteiger partial charge in [-0.05, 0) is 25.1 Å². The number of rotatable bonds is 4. The number of aromatic nitrogens is 4. The van der Waals surface area contributed by atoms with Crippen LogP contribution in [-0.4, -0.2) is 36.3 Å². The van der Waals surface area contributed by atoms with Crippen molar-refractivity contribution in [2.45, 2.75) is 13.1 Å². The van der Waals surface area contributed by atoms with Crippen LogP contribution in [0.2, 0.25) is 0 Å². The molecule has 0 fully saturated rings. The molecule has 31 heavy (non-hydrogen) atoms. The molecular formula is C17H14F3N7O4. The number of non-ortho nitro benzene ring substituents is 1. The topological polar surface area (TPSA) is 137 Å². The van der Waals surface area contributed by atoms with Crippen LogP contribution in [0.1, 0.15) is 32.2 Å². The number of benzene rings is 1. The molecule has 0 aliphatic carbocycles. The van der Waals surface area contributed by atoms with Gasteiger partial charge in [0.25, 0.3) is 17.5 Å². The number of nitro benzene ring substituents is 1. The van der Waals surface area contributed by atoms with Gasteiger partial charge >= 0.3 is 6.18 Å². The number of nitrogens with zero attached hydrogens (tertiary/aromatic N) is 5. The molecule has 0 atom stereocenters. The van der Waals surface area contributed by atoms with Gasteiger partial charge in [-0.1, -0.05) is 0 Å². The Hall–Kier alpha value is -4.23. The Labute approximate surface area is 171 Å². The lowest BCUT2D eigenvalue weighted by molar-refractivity contribution is -0.384. The van der Waals surface area contributed by atoms with Crippen molar-refractivity contribution in [1.82, 2.24) is 30.4 Å². The van der Waals surface area contributed by atoms with Crippen LogP contribution >= 0.6 is 0 Å². The lowest BCUT2D eigenvalue weighted by Gasteiger charge is -2.13. The molecule has 0 aliphatic rings. The molecule has 3 rings (SSSR count). The van der Waals surface area contributed by atoms with E-state index in [1.165, 1.54) is 10.7 Å². The third-order valence-corrected chi connectivity index (χ3v) is 4.22. The van der Waals surface area contributed by atoms with Crippen molar-refractivity contribution in [3.05, 3.63) is 69.3 Å². The second kappa shape index (κ2) is 7.89. The Morgan fingerprint density at radius 1 is 1.13 bits per heavy atom. The number of amides is 2. The van der Waals surface area contributed by atoms with E-state index in [2.05, 4.69) is 10.2 Å². The van der Waals surface area contributed by atoms with E-state index in [0.29, 0.717) is 16.6 Å². The first-order valence-electron chi connectivity index (χ1n) is 8.50. The first-order valence-corrected chi connectivity index (χ1v) is 8.50. The van der Waals surface area contributed by atoms with Crippen LogP contribution in [0, 0.1) is 17.0 Å². The second-order valence-corrected chi connectivity index (χ2v) is 6.29. The van der Waals surface area contributed by atoms with E-state index < -0.39 is 34.2 Å². The summed E-state index contributed by atoms with van der Waals surface area (Å²) in [5.74, 6) is -2.09. The summed E-state index contributed by atoms with van der Waals surface area (Å²) in [4.78, 5) is 34.4. The Kier molecular flexibility index (Phi) is 5.47. The zero-order valence-electron chi connectivity index (χ0n) is 16.0. The van der Waals surface area contributed by atoms with E-state index in [1.807, 2.05) is 10.9 Å². The van der Waals surface area contributed by atoms with Crippen molar-refractivity contribution in [2.24, 2.45) is 7.05 Å². The summed E-state index contributed by atoms with van der Waals surface area (Å²) in [6.07, 6.45) is -4.32. The standard InChI is InChI=1S/C17H14F3N7O4/c1-9-7-13(24-25(9)2)16(29)23-22-15(28)12-8-21-26(14(12)17(18,19)20)10-3-5-11(6-4-10)27(30)31/h3-8H,1-2H3,(H,22,28)(H,23,29). The third-order valence-electron chi connectivity index (χ3n) is 4.22. The van der Waals surface area contributed by atoms with E-state index in [0.717, 1.165) is 24.3 Å². The molecule has 0 radical (unpaired) electrons. The van der Waals surface area contributed by atoms with Gasteiger partial charge in [-0.2, -0.15) is 23.4 Å². The molecule has 11 nitrogen and oxygen atoms in total. The predicted octanol–water partition coefficient (Wildman–Crippen LogP) is 1.92. The Morgan fingerprint density at radius 3 is 2.26 bits per heavy atom. The number of nitro groups is 1. The lowest BCUT2D eigenvalue weighted by Crippen LogP contribution is -2.42. The molecule has 0 saturated heterocycles. The lowest BCUT2D eigenvalue weighted by atomic mass is 10.2. The van der Waals surface area contributed by atoms with Gasteiger partial charge < -0.3 is 0 Å². The summed E-state index contributed by atoms with van der Waals surface area (Å²) in [6, 6.07) is 5.56. The smallest absolute Gasteiger partial charge is 0.272 e. The van der Waals surface area contributed by atoms with E-state index in [-0.39, 0.29) is 17.1 Å². The van der Waals surface area contributed by atoms with Gasteiger partial charge in [0.05, 0.1) is 22.4 Å². The van der Waals surface area contributed by atoms with Crippen molar-refractivity contribution < 1.29 is 27.7 Å². The van der Waals surface area contributed by atoms with Gasteiger partial charge in [0.1, 0.15) is 0 Å². The number of carbonyl (C=O) groups excluding carboxylic acids is 2. The van der Waals surface area contributed by atoms with Crippen molar-refractivity contribution in [3.8, 4) is 5.69 Å². The highest BCUT2D eigenvalue weighted by Gasteiger charge is 2.40. The van der Waals surface area contributed by atoms with Crippen molar-refractivity contribution in [3.63, 3.8) is 0 Å². The summed E-state index contributed by atoms with van der Waals surface area (Å²) in [7, 11) is 1.59. The molecule has 1 aromatic carbocycles. The average molecular weight is 437 g/mol. The van der Waals surface area contributed by atoms with Gasteiger partial charge in [-0.15, -0.1) is 0 Å². The molecule has 14 heteroatoms. The predicted molar refractivity (Wildman–Crippen MR) is 98.1 cm³/mol. The molecule has 0 spiro atoms. The molecule has 0 unspecified atom stereocenters. The van der Waals surface area contributed by atoms with Crippen LogP contribution in [-0.2, 0) is 13.2 Å². The Balaban J connectivity index is 1.86. The van der Waals surface area contributed by atoms with Crippen LogP contribution in [0.4, 0.5) is 18.9 Å². The number of hydrogen-bond donors (Lipinski definition) is 2. The fourth-order valence-corrected chi connectivity index (χ4v) is 2.62. The van der Waals surface area contributed by atoms with E-state index >= 15 is 0 Å². The molecule has 2 N–H and O–H groups in total. The number of aryl methyl sites for hydroxylation is 2. The largest absolute Gasteiger partial charge is 0.434 e. The molecule has 3 aromatic rings. The number of hydrogen-bond acceptors (Lipinski definition) is 6. The highest BCUT2D eigenvalue weighted by Crippen LogP contribution is 2.33. The number of nitrogens with one attached hydrogen (secondary N) is 2. The van der Waals surface area contributed by atoms with E-state index in [4.69, 9.17) is 0 Å². The maximum absolute atomic E-state index is 13.7. The normalized spacial score (nSPS) is 11.3. The monoisotopic (exact) mass is 437 g/mol. The first kappa shape index (κ1) is 21.5. The number of alkyl halides is 3. The fraction of sp³-hybridized carbons (Fsp3) is 0.176. The minimum atomic E-state index is -4.99. The van der Waals surface area contributed by atoms with Gasteiger partial charge in [0, 0.05) is 24.9 Å². The fourth-order valence-electron chi connectivity index (χ4n) is 2.62. The van der Waals surface area contributed by atoms with Gasteiger partial charge in [0.2, 0.25) is 0 Å². The second-order valence-electron chi connectivity index (χ2n) is 6.29. The molecule has 0 aliphatic heterocycles.